The van der Waals surface area contributed by atoms with Crippen molar-refractivity contribution >= 4 is 16.9 Å². The van der Waals surface area contributed by atoms with E-state index in [-0.39, 0.29) is 19.5 Å². The number of aryl methyl sites for hydroxylation is 1. The van der Waals surface area contributed by atoms with Gasteiger partial charge in [-0.25, -0.2) is 4.79 Å². The van der Waals surface area contributed by atoms with Crippen molar-refractivity contribution in [3.05, 3.63) is 41.1 Å². The Morgan fingerprint density at radius 3 is 2.77 bits per heavy atom. The van der Waals surface area contributed by atoms with E-state index >= 15 is 0 Å². The van der Waals surface area contributed by atoms with E-state index in [4.69, 9.17) is 4.74 Å². The van der Waals surface area contributed by atoms with E-state index in [0.717, 1.165) is 16.5 Å². The number of halogens is 3. The van der Waals surface area contributed by atoms with Crippen LogP contribution in [0.3, 0.4) is 0 Å². The van der Waals surface area contributed by atoms with E-state index < -0.39 is 18.1 Å². The molecule has 0 radical (unpaired) electrons. The average Bonchev–Trinajstić information content (AvgIpc) is 2.61. The molecule has 1 aliphatic rings. The minimum absolute atomic E-state index is 0.0718. The monoisotopic (exact) mass is 366 g/mol. The lowest BCUT2D eigenvalue weighted by Crippen LogP contribution is -2.41. The summed E-state index contributed by atoms with van der Waals surface area (Å²) in [5, 5.41) is 0.837. The Morgan fingerprint density at radius 2 is 2.08 bits per heavy atom. The molecule has 1 atom stereocenters. The molecule has 1 aromatic heterocycles. The molecule has 140 valence electrons. The number of para-hydroxylation sites is 1. The molecule has 26 heavy (non-hydrogen) atoms. The Bertz CT molecular complexity index is 820. The maximum absolute atomic E-state index is 13.1. The summed E-state index contributed by atoms with van der Waals surface area (Å²) in [7, 11) is 1.29. The first kappa shape index (κ1) is 18.6. The van der Waals surface area contributed by atoms with Crippen molar-refractivity contribution < 1.29 is 22.7 Å². The van der Waals surface area contributed by atoms with Gasteiger partial charge in [0.2, 0.25) is 0 Å². The van der Waals surface area contributed by atoms with E-state index in [1.165, 1.54) is 7.11 Å². The highest BCUT2D eigenvalue weighted by molar-refractivity contribution is 5.98. The fourth-order valence-electron chi connectivity index (χ4n) is 3.61. The van der Waals surface area contributed by atoms with Gasteiger partial charge < -0.3 is 4.74 Å². The number of alkyl halides is 3. The summed E-state index contributed by atoms with van der Waals surface area (Å²) >= 11 is 0. The number of carbonyl (C=O) groups is 1. The molecule has 7 heteroatoms. The Labute approximate surface area is 150 Å². The summed E-state index contributed by atoms with van der Waals surface area (Å²) in [5.74, 6) is -1.85. The van der Waals surface area contributed by atoms with Crippen LogP contribution in [-0.2, 0) is 11.3 Å². The summed E-state index contributed by atoms with van der Waals surface area (Å²) in [6.07, 6.45) is -3.57. The second-order valence-electron chi connectivity index (χ2n) is 6.68. The predicted octanol–water partition coefficient (Wildman–Crippen LogP) is 4.10. The molecule has 1 saturated heterocycles. The second-order valence-corrected chi connectivity index (χ2v) is 6.68. The lowest BCUT2D eigenvalue weighted by molar-refractivity contribution is -0.187. The van der Waals surface area contributed by atoms with Crippen LogP contribution in [0.4, 0.5) is 13.2 Å². The Balaban J connectivity index is 1.97. The van der Waals surface area contributed by atoms with Gasteiger partial charge in [-0.15, -0.1) is 0 Å². The van der Waals surface area contributed by atoms with Crippen LogP contribution >= 0.6 is 0 Å². The number of hydrogen-bond donors (Lipinski definition) is 0. The van der Waals surface area contributed by atoms with Gasteiger partial charge in [-0.1, -0.05) is 18.2 Å². The van der Waals surface area contributed by atoms with Crippen LogP contribution in [0.2, 0.25) is 0 Å². The third kappa shape index (κ3) is 3.67. The van der Waals surface area contributed by atoms with Crippen molar-refractivity contribution in [3.63, 3.8) is 0 Å². The number of aromatic nitrogens is 1. The van der Waals surface area contributed by atoms with Gasteiger partial charge in [-0.3, -0.25) is 9.88 Å². The number of methoxy groups -OCH3 is 1. The molecular weight excluding hydrogens is 345 g/mol. The van der Waals surface area contributed by atoms with Crippen molar-refractivity contribution in [3.8, 4) is 0 Å². The van der Waals surface area contributed by atoms with Crippen LogP contribution < -0.4 is 0 Å². The van der Waals surface area contributed by atoms with Gasteiger partial charge in [0.25, 0.3) is 0 Å². The van der Waals surface area contributed by atoms with Gasteiger partial charge in [0.1, 0.15) is 0 Å². The SMILES string of the molecule is COC(=O)c1c(CN2CCC[C@H](C(F)(F)F)C2)nc2ccccc2c1C. The van der Waals surface area contributed by atoms with Gasteiger partial charge in [-0.05, 0) is 37.9 Å². The molecule has 3 rings (SSSR count). The standard InChI is InChI=1S/C19H21F3N2O2/c1-12-14-7-3-4-8-15(14)23-16(17(12)18(25)26-2)11-24-9-5-6-13(10-24)19(20,21)22/h3-4,7-8,13H,5-6,9-11H2,1-2H3/t13-/m0/s1. The number of piperidine rings is 1. The molecule has 1 aliphatic heterocycles. The van der Waals surface area contributed by atoms with Crippen molar-refractivity contribution in [2.24, 2.45) is 5.92 Å². The molecule has 0 N–H and O–H groups in total. The van der Waals surface area contributed by atoms with E-state index in [9.17, 15) is 18.0 Å². The Hall–Kier alpha value is -2.15. The highest BCUT2D eigenvalue weighted by Gasteiger charge is 2.41. The van der Waals surface area contributed by atoms with E-state index in [1.54, 1.807) is 4.90 Å². The van der Waals surface area contributed by atoms with E-state index in [1.807, 2.05) is 31.2 Å². The quantitative estimate of drug-likeness (QED) is 0.767. The normalized spacial score (nSPS) is 18.9. The highest BCUT2D eigenvalue weighted by atomic mass is 19.4. The molecule has 0 amide bonds. The summed E-state index contributed by atoms with van der Waals surface area (Å²) in [5.41, 5.74) is 2.27. The summed E-state index contributed by atoms with van der Waals surface area (Å²) < 4.78 is 44.1. The molecule has 1 fully saturated rings. The number of likely N-dealkylation sites (tertiary alicyclic amines) is 1. The molecule has 1 aromatic carbocycles. The number of benzene rings is 1. The average molecular weight is 366 g/mol. The maximum atomic E-state index is 13.1. The van der Waals surface area contributed by atoms with Gasteiger partial charge in [-0.2, -0.15) is 13.2 Å². The highest BCUT2D eigenvalue weighted by Crippen LogP contribution is 2.34. The Morgan fingerprint density at radius 1 is 1.35 bits per heavy atom. The number of ether oxygens (including phenoxy) is 1. The number of fused-ring (bicyclic) bond motifs is 1. The number of rotatable bonds is 3. The van der Waals surface area contributed by atoms with Crippen LogP contribution in [0.15, 0.2) is 24.3 Å². The second kappa shape index (κ2) is 7.23. The fraction of sp³-hybridized carbons (Fsp3) is 0.474. The van der Waals surface area contributed by atoms with Gasteiger partial charge >= 0.3 is 12.1 Å². The number of pyridine rings is 1. The van der Waals surface area contributed by atoms with Crippen molar-refractivity contribution in [2.75, 3.05) is 20.2 Å². The lowest BCUT2D eigenvalue weighted by Gasteiger charge is -2.33. The third-order valence-electron chi connectivity index (χ3n) is 4.96. The topological polar surface area (TPSA) is 42.4 Å². The summed E-state index contributed by atoms with van der Waals surface area (Å²) in [6.45, 7) is 2.50. The molecule has 0 unspecified atom stereocenters. The fourth-order valence-corrected chi connectivity index (χ4v) is 3.61. The first-order valence-corrected chi connectivity index (χ1v) is 8.57. The lowest BCUT2D eigenvalue weighted by atomic mass is 9.96. The van der Waals surface area contributed by atoms with Crippen molar-refractivity contribution in [2.45, 2.75) is 32.5 Å². The summed E-state index contributed by atoms with van der Waals surface area (Å²) in [4.78, 5) is 18.6. The molecule has 0 bridgehead atoms. The molecule has 0 saturated carbocycles. The van der Waals surface area contributed by atoms with Gasteiger partial charge in [0.15, 0.2) is 0 Å². The zero-order valence-corrected chi connectivity index (χ0v) is 14.8. The molecule has 2 heterocycles. The van der Waals surface area contributed by atoms with Crippen LogP contribution in [0.5, 0.6) is 0 Å². The van der Waals surface area contributed by atoms with Crippen molar-refractivity contribution in [1.29, 1.82) is 0 Å². The molecule has 4 nitrogen and oxygen atoms in total. The Kier molecular flexibility index (Phi) is 5.18. The van der Waals surface area contributed by atoms with Gasteiger partial charge in [0.05, 0.1) is 29.8 Å². The number of hydrogen-bond acceptors (Lipinski definition) is 4. The first-order chi connectivity index (χ1) is 12.3. The predicted molar refractivity (Wildman–Crippen MR) is 91.9 cm³/mol. The third-order valence-corrected chi connectivity index (χ3v) is 4.96. The molecular formula is C19H21F3N2O2. The van der Waals surface area contributed by atoms with Crippen LogP contribution in [-0.4, -0.2) is 42.2 Å². The summed E-state index contributed by atoms with van der Waals surface area (Å²) in [6, 6.07) is 7.41. The van der Waals surface area contributed by atoms with Crippen LogP contribution in [0, 0.1) is 12.8 Å². The maximum Gasteiger partial charge on any atom is 0.393 e. The molecule has 2 aromatic rings. The van der Waals surface area contributed by atoms with E-state index in [0.29, 0.717) is 24.2 Å². The number of esters is 1. The minimum atomic E-state index is -4.20. The largest absolute Gasteiger partial charge is 0.465 e. The molecule has 0 aliphatic carbocycles. The zero-order valence-electron chi connectivity index (χ0n) is 14.8. The van der Waals surface area contributed by atoms with Gasteiger partial charge in [0, 0.05) is 18.5 Å². The number of nitrogens with zero attached hydrogens (tertiary/aromatic N) is 2. The first-order valence-electron chi connectivity index (χ1n) is 8.57. The van der Waals surface area contributed by atoms with Crippen molar-refractivity contribution in [1.82, 2.24) is 9.88 Å². The molecule has 0 spiro atoms. The number of carbonyl (C=O) groups excluding carboxylic acids is 1. The van der Waals surface area contributed by atoms with Crippen LogP contribution in [0.1, 0.15) is 34.5 Å². The van der Waals surface area contributed by atoms with Crippen LogP contribution in [0.25, 0.3) is 10.9 Å². The van der Waals surface area contributed by atoms with E-state index in [2.05, 4.69) is 4.98 Å². The minimum Gasteiger partial charge on any atom is -0.465 e. The smallest absolute Gasteiger partial charge is 0.393 e. The zero-order chi connectivity index (χ0) is 18.9.